The number of carbonyl (C=O) groups is 2. The van der Waals surface area contributed by atoms with Crippen molar-refractivity contribution in [2.24, 2.45) is 0 Å². The highest BCUT2D eigenvalue weighted by Crippen LogP contribution is 2.25. The van der Waals surface area contributed by atoms with Gasteiger partial charge in [-0.1, -0.05) is 18.2 Å². The molecule has 3 rings (SSSR count). The van der Waals surface area contributed by atoms with Gasteiger partial charge < -0.3 is 10.1 Å². The maximum atomic E-state index is 12.1. The lowest BCUT2D eigenvalue weighted by Gasteiger charge is -2.09. The number of urea groups is 1. The van der Waals surface area contributed by atoms with Gasteiger partial charge in [-0.2, -0.15) is 0 Å². The highest BCUT2D eigenvalue weighted by atomic mass is 127. The zero-order valence-electron chi connectivity index (χ0n) is 14.8. The van der Waals surface area contributed by atoms with Gasteiger partial charge in [-0.05, 0) is 58.9 Å². The van der Waals surface area contributed by atoms with Gasteiger partial charge in [0.2, 0.25) is 0 Å². The molecule has 1 heterocycles. The number of nitro groups is 1. The van der Waals surface area contributed by atoms with E-state index in [2.05, 4.69) is 27.9 Å². The molecule has 1 fully saturated rings. The number of benzene rings is 2. The van der Waals surface area contributed by atoms with E-state index in [-0.39, 0.29) is 23.9 Å². The first-order chi connectivity index (χ1) is 13.4. The summed E-state index contributed by atoms with van der Waals surface area (Å²) in [5, 5.41) is 13.4. The number of non-ortho nitro benzene ring substituents is 1. The molecule has 1 aliphatic heterocycles. The van der Waals surface area contributed by atoms with Crippen LogP contribution in [-0.2, 0) is 11.4 Å². The van der Waals surface area contributed by atoms with Crippen molar-refractivity contribution in [3.8, 4) is 5.75 Å². The molecule has 0 aromatic heterocycles. The van der Waals surface area contributed by atoms with Crippen molar-refractivity contribution in [3.63, 3.8) is 0 Å². The fourth-order valence-corrected chi connectivity index (χ4v) is 3.37. The number of ether oxygens (including phenoxy) is 1. The van der Waals surface area contributed by atoms with Gasteiger partial charge in [0.1, 0.15) is 18.1 Å². The lowest BCUT2D eigenvalue weighted by Crippen LogP contribution is -2.30. The minimum Gasteiger partial charge on any atom is -0.488 e. The lowest BCUT2D eigenvalue weighted by atomic mass is 10.2. The maximum absolute atomic E-state index is 12.1. The van der Waals surface area contributed by atoms with Gasteiger partial charge in [0.15, 0.2) is 0 Å². The SMILES string of the molecule is CCN1C(=O)N/C(=C/c2ccc(OCc3cccc([N+](=O)[O-])c3)c(I)c2)C1=O. The summed E-state index contributed by atoms with van der Waals surface area (Å²) in [4.78, 5) is 35.4. The van der Waals surface area contributed by atoms with Crippen molar-refractivity contribution >= 4 is 46.3 Å². The summed E-state index contributed by atoms with van der Waals surface area (Å²) in [6.45, 7) is 2.24. The molecule has 1 N–H and O–H groups in total. The van der Waals surface area contributed by atoms with Crippen LogP contribution in [0.5, 0.6) is 5.75 Å². The third-order valence-electron chi connectivity index (χ3n) is 4.06. The van der Waals surface area contributed by atoms with Crippen molar-refractivity contribution < 1.29 is 19.2 Å². The van der Waals surface area contributed by atoms with Gasteiger partial charge >= 0.3 is 6.03 Å². The topological polar surface area (TPSA) is 102 Å². The smallest absolute Gasteiger partial charge is 0.328 e. The number of nitrogens with zero attached hydrogens (tertiary/aromatic N) is 2. The molecule has 28 heavy (non-hydrogen) atoms. The van der Waals surface area contributed by atoms with E-state index in [9.17, 15) is 19.7 Å². The Bertz CT molecular complexity index is 989. The maximum Gasteiger partial charge on any atom is 0.328 e. The number of carbonyl (C=O) groups excluding carboxylic acids is 2. The third kappa shape index (κ3) is 4.30. The first-order valence-electron chi connectivity index (χ1n) is 8.39. The number of imide groups is 1. The molecule has 2 aromatic carbocycles. The Morgan fingerprint density at radius 2 is 2.04 bits per heavy atom. The molecule has 9 heteroatoms. The molecule has 2 aromatic rings. The van der Waals surface area contributed by atoms with Crippen LogP contribution in [0.25, 0.3) is 6.08 Å². The van der Waals surface area contributed by atoms with Crippen molar-refractivity contribution in [3.05, 3.63) is 73.0 Å². The van der Waals surface area contributed by atoms with Crippen LogP contribution >= 0.6 is 22.6 Å². The van der Waals surface area contributed by atoms with E-state index >= 15 is 0 Å². The van der Waals surface area contributed by atoms with E-state index in [0.29, 0.717) is 17.9 Å². The summed E-state index contributed by atoms with van der Waals surface area (Å²) < 4.78 is 6.57. The molecule has 0 atom stereocenters. The second-order valence-electron chi connectivity index (χ2n) is 5.94. The molecule has 0 aliphatic carbocycles. The lowest BCUT2D eigenvalue weighted by molar-refractivity contribution is -0.384. The number of hydrogen-bond donors (Lipinski definition) is 1. The number of hydrogen-bond acceptors (Lipinski definition) is 5. The molecule has 1 aliphatic rings. The zero-order valence-corrected chi connectivity index (χ0v) is 17.0. The Morgan fingerprint density at radius 3 is 2.68 bits per heavy atom. The second-order valence-corrected chi connectivity index (χ2v) is 7.11. The van der Waals surface area contributed by atoms with Gasteiger partial charge in [-0.3, -0.25) is 19.8 Å². The number of amides is 3. The van der Waals surface area contributed by atoms with Crippen LogP contribution in [0.15, 0.2) is 48.2 Å². The van der Waals surface area contributed by atoms with Gasteiger partial charge in [0, 0.05) is 18.7 Å². The molecule has 1 saturated heterocycles. The van der Waals surface area contributed by atoms with Crippen LogP contribution in [0.3, 0.4) is 0 Å². The van der Waals surface area contributed by atoms with E-state index in [0.717, 1.165) is 14.0 Å². The van der Waals surface area contributed by atoms with E-state index in [1.165, 1.54) is 12.1 Å². The van der Waals surface area contributed by atoms with Crippen molar-refractivity contribution in [1.82, 2.24) is 10.2 Å². The minimum atomic E-state index is -0.446. The summed E-state index contributed by atoms with van der Waals surface area (Å²) in [6, 6.07) is 11.2. The summed E-state index contributed by atoms with van der Waals surface area (Å²) in [5.41, 5.74) is 1.68. The van der Waals surface area contributed by atoms with Crippen molar-refractivity contribution in [2.45, 2.75) is 13.5 Å². The quantitative estimate of drug-likeness (QED) is 0.218. The molecular formula is C19H16IN3O5. The fourth-order valence-electron chi connectivity index (χ4n) is 2.67. The fraction of sp³-hybridized carbons (Fsp3) is 0.158. The van der Waals surface area contributed by atoms with Gasteiger partial charge in [0.25, 0.3) is 11.6 Å². The summed E-state index contributed by atoms with van der Waals surface area (Å²) in [5.74, 6) is 0.264. The van der Waals surface area contributed by atoms with E-state index < -0.39 is 11.0 Å². The second kappa shape index (κ2) is 8.38. The molecule has 0 spiro atoms. The zero-order chi connectivity index (χ0) is 20.3. The van der Waals surface area contributed by atoms with Crippen LogP contribution in [-0.4, -0.2) is 28.3 Å². The van der Waals surface area contributed by atoms with E-state index in [4.69, 9.17) is 4.74 Å². The van der Waals surface area contributed by atoms with Crippen LogP contribution in [0.2, 0.25) is 0 Å². The van der Waals surface area contributed by atoms with E-state index in [1.54, 1.807) is 37.3 Å². The molecular weight excluding hydrogens is 477 g/mol. The summed E-state index contributed by atoms with van der Waals surface area (Å²) in [6.07, 6.45) is 1.61. The third-order valence-corrected chi connectivity index (χ3v) is 4.90. The predicted molar refractivity (Wildman–Crippen MR) is 110 cm³/mol. The van der Waals surface area contributed by atoms with Crippen LogP contribution in [0.4, 0.5) is 10.5 Å². The van der Waals surface area contributed by atoms with Gasteiger partial charge in [-0.25, -0.2) is 4.79 Å². The van der Waals surface area contributed by atoms with Gasteiger partial charge in [-0.15, -0.1) is 0 Å². The van der Waals surface area contributed by atoms with Crippen LogP contribution in [0, 0.1) is 13.7 Å². The average Bonchev–Trinajstić information content (AvgIpc) is 2.94. The summed E-state index contributed by atoms with van der Waals surface area (Å²) in [7, 11) is 0. The number of rotatable bonds is 6. The number of halogens is 1. The first kappa shape index (κ1) is 19.8. The highest BCUT2D eigenvalue weighted by molar-refractivity contribution is 14.1. The Kier molecular flexibility index (Phi) is 5.93. The monoisotopic (exact) mass is 493 g/mol. The first-order valence-corrected chi connectivity index (χ1v) is 9.47. The van der Waals surface area contributed by atoms with Crippen LogP contribution in [0.1, 0.15) is 18.1 Å². The Balaban J connectivity index is 1.72. The molecule has 3 amide bonds. The number of nitro benzene ring substituents is 1. The van der Waals surface area contributed by atoms with Crippen molar-refractivity contribution in [2.75, 3.05) is 6.54 Å². The van der Waals surface area contributed by atoms with E-state index in [1.807, 2.05) is 6.07 Å². The van der Waals surface area contributed by atoms with Crippen LogP contribution < -0.4 is 10.1 Å². The Morgan fingerprint density at radius 1 is 1.25 bits per heavy atom. The Hall–Kier alpha value is -2.95. The summed E-state index contributed by atoms with van der Waals surface area (Å²) >= 11 is 2.11. The standard InChI is InChI=1S/C19H16IN3O5/c1-2-22-18(24)16(21-19(22)25)10-12-6-7-17(15(20)9-12)28-11-13-4-3-5-14(8-13)23(26)27/h3-10H,2,11H2,1H3,(H,21,25)/b16-10+. The molecule has 0 saturated carbocycles. The van der Waals surface area contributed by atoms with Gasteiger partial charge in [0.05, 0.1) is 8.49 Å². The highest BCUT2D eigenvalue weighted by Gasteiger charge is 2.31. The largest absolute Gasteiger partial charge is 0.488 e. The molecule has 144 valence electrons. The number of likely N-dealkylation sites (N-methyl/N-ethyl adjacent to an activating group) is 1. The number of nitrogens with one attached hydrogen (secondary N) is 1. The molecule has 0 unspecified atom stereocenters. The average molecular weight is 493 g/mol. The molecule has 0 bridgehead atoms. The molecule has 8 nitrogen and oxygen atoms in total. The van der Waals surface area contributed by atoms with Crippen molar-refractivity contribution in [1.29, 1.82) is 0 Å². The minimum absolute atomic E-state index is 0.0159. The predicted octanol–water partition coefficient (Wildman–Crippen LogP) is 3.69. The molecule has 0 radical (unpaired) electrons. The Labute approximate surface area is 174 Å². The normalized spacial score (nSPS) is 15.1.